The van der Waals surface area contributed by atoms with Crippen LogP contribution in [0.1, 0.15) is 75.5 Å². The molecular formula is C34H42ClN3O4S. The molecule has 1 atom stereocenters. The van der Waals surface area contributed by atoms with Crippen molar-refractivity contribution in [2.24, 2.45) is 0 Å². The fourth-order valence-corrected chi connectivity index (χ4v) is 7.01. The summed E-state index contributed by atoms with van der Waals surface area (Å²) in [6.07, 6.45) is 4.35. The minimum Gasteiger partial charge on any atom is -0.352 e. The number of rotatable bonds is 12. The second kappa shape index (κ2) is 14.4. The summed E-state index contributed by atoms with van der Waals surface area (Å²) in [5.74, 6) is -0.422. The Hall–Kier alpha value is -3.36. The number of nitrogens with one attached hydrogen (secondary N) is 1. The molecule has 2 amide bonds. The Morgan fingerprint density at radius 1 is 0.930 bits per heavy atom. The van der Waals surface area contributed by atoms with Gasteiger partial charge in [0.25, 0.3) is 10.0 Å². The van der Waals surface area contributed by atoms with Crippen LogP contribution in [0.3, 0.4) is 0 Å². The molecule has 1 aliphatic rings. The van der Waals surface area contributed by atoms with Crippen molar-refractivity contribution in [1.29, 1.82) is 0 Å². The van der Waals surface area contributed by atoms with Crippen LogP contribution in [0.4, 0.5) is 5.69 Å². The highest BCUT2D eigenvalue weighted by molar-refractivity contribution is 7.92. The van der Waals surface area contributed by atoms with Crippen LogP contribution < -0.4 is 9.62 Å². The predicted molar refractivity (Wildman–Crippen MR) is 173 cm³/mol. The summed E-state index contributed by atoms with van der Waals surface area (Å²) < 4.78 is 29.3. The van der Waals surface area contributed by atoms with Gasteiger partial charge in [0.15, 0.2) is 0 Å². The lowest BCUT2D eigenvalue weighted by Crippen LogP contribution is -2.53. The lowest BCUT2D eigenvalue weighted by atomic mass is 10.0. The zero-order valence-electron chi connectivity index (χ0n) is 25.4. The van der Waals surface area contributed by atoms with Gasteiger partial charge < -0.3 is 10.2 Å². The van der Waals surface area contributed by atoms with E-state index >= 15 is 0 Å². The molecular weight excluding hydrogens is 582 g/mol. The average Bonchev–Trinajstić information content (AvgIpc) is 3.50. The first-order valence-corrected chi connectivity index (χ1v) is 16.8. The SMILES string of the molecule is CC[C@H](C(=O)NC1CCCC1)N(Cc1ccc(Cl)cc1)C(=O)CN(c1ccc(C(C)C)cc1)S(=O)(=O)c1ccc(C)cc1. The molecule has 0 radical (unpaired) electrons. The number of nitrogens with zero attached hydrogens (tertiary/aromatic N) is 2. The molecule has 43 heavy (non-hydrogen) atoms. The normalized spacial score (nSPS) is 14.5. The van der Waals surface area contributed by atoms with E-state index in [-0.39, 0.29) is 29.3 Å². The molecule has 0 aromatic heterocycles. The third-order valence-corrected chi connectivity index (χ3v) is 10.1. The molecule has 1 N–H and O–H groups in total. The molecule has 0 bridgehead atoms. The number of benzene rings is 3. The zero-order chi connectivity index (χ0) is 31.1. The van der Waals surface area contributed by atoms with Crippen molar-refractivity contribution >= 4 is 39.1 Å². The lowest BCUT2D eigenvalue weighted by molar-refractivity contribution is -0.140. The van der Waals surface area contributed by atoms with Gasteiger partial charge in [-0.05, 0) is 79.6 Å². The van der Waals surface area contributed by atoms with Crippen LogP contribution in [0.2, 0.25) is 5.02 Å². The predicted octanol–water partition coefficient (Wildman–Crippen LogP) is 6.83. The van der Waals surface area contributed by atoms with Crippen molar-refractivity contribution in [2.75, 3.05) is 10.8 Å². The first kappa shape index (κ1) is 32.6. The Kier molecular flexibility index (Phi) is 10.9. The zero-order valence-corrected chi connectivity index (χ0v) is 27.0. The molecule has 0 aliphatic heterocycles. The van der Waals surface area contributed by atoms with Gasteiger partial charge in [-0.2, -0.15) is 0 Å². The second-order valence-corrected chi connectivity index (χ2v) is 13.9. The van der Waals surface area contributed by atoms with Gasteiger partial charge >= 0.3 is 0 Å². The average molecular weight is 624 g/mol. The Bertz CT molecular complexity index is 1480. The fourth-order valence-electron chi connectivity index (χ4n) is 5.47. The highest BCUT2D eigenvalue weighted by Crippen LogP contribution is 2.27. The molecule has 0 heterocycles. The molecule has 1 aliphatic carbocycles. The van der Waals surface area contributed by atoms with Gasteiger partial charge in [-0.25, -0.2) is 8.42 Å². The Balaban J connectivity index is 1.72. The van der Waals surface area contributed by atoms with Crippen molar-refractivity contribution in [3.63, 3.8) is 0 Å². The maximum atomic E-state index is 14.3. The van der Waals surface area contributed by atoms with Gasteiger partial charge in [0.1, 0.15) is 12.6 Å². The van der Waals surface area contributed by atoms with Crippen molar-refractivity contribution in [1.82, 2.24) is 10.2 Å². The summed E-state index contributed by atoms with van der Waals surface area (Å²) in [5, 5.41) is 3.70. The highest BCUT2D eigenvalue weighted by Gasteiger charge is 2.34. The van der Waals surface area contributed by atoms with E-state index in [1.54, 1.807) is 48.5 Å². The molecule has 3 aromatic rings. The van der Waals surface area contributed by atoms with E-state index < -0.39 is 28.5 Å². The molecule has 3 aromatic carbocycles. The summed E-state index contributed by atoms with van der Waals surface area (Å²) >= 11 is 6.11. The number of halogens is 1. The van der Waals surface area contributed by atoms with Crippen molar-refractivity contribution in [3.05, 3.63) is 94.5 Å². The topological polar surface area (TPSA) is 86.8 Å². The van der Waals surface area contributed by atoms with E-state index in [0.717, 1.165) is 46.7 Å². The standard InChI is InChI=1S/C34H42ClN3O4S/c1-5-32(34(40)36-29-8-6-7-9-29)37(22-26-12-16-28(35)17-13-26)33(39)23-38(30-18-14-27(15-19-30)24(2)3)43(41,42)31-20-10-25(4)11-21-31/h10-21,24,29,32H,5-9,22-23H2,1-4H3,(H,36,40)/t32-/m1/s1. The van der Waals surface area contributed by atoms with E-state index in [4.69, 9.17) is 11.6 Å². The Morgan fingerprint density at radius 2 is 1.53 bits per heavy atom. The van der Waals surface area contributed by atoms with E-state index in [0.29, 0.717) is 17.1 Å². The van der Waals surface area contributed by atoms with E-state index in [1.165, 1.54) is 4.90 Å². The summed E-state index contributed by atoms with van der Waals surface area (Å²) in [7, 11) is -4.11. The molecule has 1 saturated carbocycles. The van der Waals surface area contributed by atoms with E-state index in [2.05, 4.69) is 19.2 Å². The molecule has 0 spiro atoms. The minimum atomic E-state index is -4.11. The third-order valence-electron chi connectivity index (χ3n) is 8.09. The molecule has 7 nitrogen and oxygen atoms in total. The van der Waals surface area contributed by atoms with Crippen LogP contribution in [0.15, 0.2) is 77.7 Å². The smallest absolute Gasteiger partial charge is 0.264 e. The van der Waals surface area contributed by atoms with Crippen LogP contribution in [-0.4, -0.2) is 43.8 Å². The van der Waals surface area contributed by atoms with Gasteiger partial charge in [-0.1, -0.05) is 87.2 Å². The maximum Gasteiger partial charge on any atom is 0.264 e. The summed E-state index contributed by atoms with van der Waals surface area (Å²) in [6.45, 7) is 7.56. The number of aryl methyl sites for hydroxylation is 1. The molecule has 0 unspecified atom stereocenters. The summed E-state index contributed by atoms with van der Waals surface area (Å²) in [4.78, 5) is 29.4. The number of carbonyl (C=O) groups excluding carboxylic acids is 2. The third kappa shape index (κ3) is 8.18. The number of amides is 2. The lowest BCUT2D eigenvalue weighted by Gasteiger charge is -2.34. The van der Waals surface area contributed by atoms with Crippen LogP contribution in [0.5, 0.6) is 0 Å². The molecule has 1 fully saturated rings. The number of hydrogen-bond acceptors (Lipinski definition) is 4. The van der Waals surface area contributed by atoms with E-state index in [1.807, 2.05) is 38.1 Å². The van der Waals surface area contributed by atoms with Crippen molar-refractivity contribution in [3.8, 4) is 0 Å². The van der Waals surface area contributed by atoms with Crippen LogP contribution >= 0.6 is 11.6 Å². The minimum absolute atomic E-state index is 0.0897. The second-order valence-electron chi connectivity index (χ2n) is 11.6. The monoisotopic (exact) mass is 623 g/mol. The number of anilines is 1. The quantitative estimate of drug-likeness (QED) is 0.239. The van der Waals surface area contributed by atoms with Gasteiger partial charge in [-0.15, -0.1) is 0 Å². The van der Waals surface area contributed by atoms with Crippen LogP contribution in [0.25, 0.3) is 0 Å². The summed E-state index contributed by atoms with van der Waals surface area (Å²) in [5.41, 5.74) is 3.16. The molecule has 9 heteroatoms. The van der Waals surface area contributed by atoms with Gasteiger partial charge in [0, 0.05) is 17.6 Å². The highest BCUT2D eigenvalue weighted by atomic mass is 35.5. The molecule has 4 rings (SSSR count). The Labute approximate surface area is 261 Å². The van der Waals surface area contributed by atoms with Crippen LogP contribution in [0, 0.1) is 6.92 Å². The van der Waals surface area contributed by atoms with Gasteiger partial charge in [-0.3, -0.25) is 13.9 Å². The van der Waals surface area contributed by atoms with Gasteiger partial charge in [0.05, 0.1) is 10.6 Å². The fraction of sp³-hybridized carbons (Fsp3) is 0.412. The number of carbonyl (C=O) groups is 2. The van der Waals surface area contributed by atoms with Crippen LogP contribution in [-0.2, 0) is 26.2 Å². The van der Waals surface area contributed by atoms with Crippen molar-refractivity contribution in [2.45, 2.75) is 89.2 Å². The molecule has 230 valence electrons. The number of sulfonamides is 1. The Morgan fingerprint density at radius 3 is 2.09 bits per heavy atom. The first-order chi connectivity index (χ1) is 20.5. The van der Waals surface area contributed by atoms with E-state index in [9.17, 15) is 18.0 Å². The summed E-state index contributed by atoms with van der Waals surface area (Å²) in [6, 6.07) is 20.3. The van der Waals surface area contributed by atoms with Gasteiger partial charge in [0.2, 0.25) is 11.8 Å². The largest absolute Gasteiger partial charge is 0.352 e. The molecule has 0 saturated heterocycles. The first-order valence-electron chi connectivity index (χ1n) is 15.0. The maximum absolute atomic E-state index is 14.3. The number of hydrogen-bond donors (Lipinski definition) is 1. The van der Waals surface area contributed by atoms with Crippen molar-refractivity contribution < 1.29 is 18.0 Å².